The number of hydrogen-bond donors (Lipinski definition) is 3. The molecule has 1 fully saturated rings. The first-order chi connectivity index (χ1) is 12.2. The van der Waals surface area contributed by atoms with Gasteiger partial charge in [0, 0.05) is 31.0 Å². The molecular weight excluding hydrogens is 316 g/mol. The molecule has 25 heavy (non-hydrogen) atoms. The van der Waals surface area contributed by atoms with Gasteiger partial charge in [0.2, 0.25) is 12.3 Å². The maximum absolute atomic E-state index is 12.0. The summed E-state index contributed by atoms with van der Waals surface area (Å²) >= 11 is 0. The van der Waals surface area contributed by atoms with Gasteiger partial charge < -0.3 is 20.9 Å². The minimum absolute atomic E-state index is 0.0379. The fourth-order valence-electron chi connectivity index (χ4n) is 3.75. The Morgan fingerprint density at radius 1 is 1.16 bits per heavy atom. The van der Waals surface area contributed by atoms with Gasteiger partial charge in [-0.05, 0) is 30.5 Å². The van der Waals surface area contributed by atoms with Crippen molar-refractivity contribution in [2.75, 3.05) is 0 Å². The first-order valence-corrected chi connectivity index (χ1v) is 8.58. The van der Waals surface area contributed by atoms with Gasteiger partial charge in [0.15, 0.2) is 0 Å². The predicted molar refractivity (Wildman–Crippen MR) is 95.4 cm³/mol. The summed E-state index contributed by atoms with van der Waals surface area (Å²) in [6.45, 7) is 0.673. The number of carbonyl (C=O) groups excluding carboxylic acids is 2. The molecule has 6 heteroatoms. The zero-order chi connectivity index (χ0) is 17.6. The van der Waals surface area contributed by atoms with Crippen molar-refractivity contribution < 1.29 is 9.59 Å². The van der Waals surface area contributed by atoms with Crippen LogP contribution in [0, 0.1) is 5.92 Å². The third-order valence-electron chi connectivity index (χ3n) is 5.01. The molecule has 2 amide bonds. The fraction of sp³-hybridized carbons (Fsp3) is 0.368. The van der Waals surface area contributed by atoms with Gasteiger partial charge >= 0.3 is 0 Å². The highest BCUT2D eigenvalue weighted by Gasteiger charge is 2.40. The highest BCUT2D eigenvalue weighted by molar-refractivity contribution is 5.78. The van der Waals surface area contributed by atoms with Crippen molar-refractivity contribution in [2.24, 2.45) is 11.7 Å². The normalized spacial score (nSPS) is 26.1. The smallest absolute Gasteiger partial charge is 0.222 e. The first kappa shape index (κ1) is 17.2. The maximum atomic E-state index is 12.0. The first-order valence-electron chi connectivity index (χ1n) is 8.58. The number of carbonyl (C=O) groups is 2. The van der Waals surface area contributed by atoms with Crippen LogP contribution in [0.3, 0.4) is 0 Å². The van der Waals surface area contributed by atoms with Crippen molar-refractivity contribution in [3.8, 4) is 0 Å². The van der Waals surface area contributed by atoms with E-state index < -0.39 is 5.92 Å². The van der Waals surface area contributed by atoms with Gasteiger partial charge in [-0.3, -0.25) is 9.59 Å². The lowest BCUT2D eigenvalue weighted by Crippen LogP contribution is -2.58. The van der Waals surface area contributed by atoms with Crippen LogP contribution in [-0.4, -0.2) is 29.0 Å². The fourth-order valence-corrected chi connectivity index (χ4v) is 3.75. The number of primary amides is 1. The van der Waals surface area contributed by atoms with Gasteiger partial charge in [-0.25, -0.2) is 0 Å². The van der Waals surface area contributed by atoms with Crippen LogP contribution in [0.25, 0.3) is 0 Å². The lowest BCUT2D eigenvalue weighted by atomic mass is 9.77. The molecule has 2 aromatic rings. The summed E-state index contributed by atoms with van der Waals surface area (Å²) in [4.78, 5) is 23.1. The third kappa shape index (κ3) is 4.09. The van der Waals surface area contributed by atoms with Gasteiger partial charge in [0.25, 0.3) is 0 Å². The van der Waals surface area contributed by atoms with Crippen molar-refractivity contribution >= 4 is 12.3 Å². The summed E-state index contributed by atoms with van der Waals surface area (Å²) < 4.78 is 2.12. The molecule has 3 rings (SSSR count). The van der Waals surface area contributed by atoms with Crippen LogP contribution in [0.5, 0.6) is 0 Å². The second-order valence-corrected chi connectivity index (χ2v) is 6.55. The topological polar surface area (TPSA) is 89.2 Å². The van der Waals surface area contributed by atoms with E-state index in [0.29, 0.717) is 19.4 Å². The van der Waals surface area contributed by atoms with Crippen LogP contribution < -0.4 is 16.4 Å². The lowest BCUT2D eigenvalue weighted by molar-refractivity contribution is -0.125. The molecule has 4 N–H and O–H groups in total. The Labute approximate surface area is 147 Å². The van der Waals surface area contributed by atoms with E-state index >= 15 is 0 Å². The van der Waals surface area contributed by atoms with Gasteiger partial charge in [-0.15, -0.1) is 0 Å². The Kier molecular flexibility index (Phi) is 5.50. The molecule has 4 unspecified atom stereocenters. The van der Waals surface area contributed by atoms with Crippen LogP contribution >= 0.6 is 0 Å². The van der Waals surface area contributed by atoms with E-state index in [9.17, 15) is 9.59 Å². The van der Waals surface area contributed by atoms with Crippen LogP contribution in [0.2, 0.25) is 0 Å². The van der Waals surface area contributed by atoms with Crippen molar-refractivity contribution in [3.63, 3.8) is 0 Å². The highest BCUT2D eigenvalue weighted by Crippen LogP contribution is 2.33. The van der Waals surface area contributed by atoms with E-state index in [0.717, 1.165) is 12.0 Å². The summed E-state index contributed by atoms with van der Waals surface area (Å²) in [5, 5.41) is 6.32. The van der Waals surface area contributed by atoms with Crippen molar-refractivity contribution in [2.45, 2.75) is 37.5 Å². The molecule has 1 aliphatic rings. The Hall–Kier alpha value is -2.60. The SMILES string of the molecule is NC(=O)C1CC(n2cccc2)CC(NCc2ccccc2)C1NC=O. The van der Waals surface area contributed by atoms with Crippen molar-refractivity contribution in [3.05, 3.63) is 60.4 Å². The van der Waals surface area contributed by atoms with Crippen LogP contribution in [0.1, 0.15) is 24.4 Å². The minimum Gasteiger partial charge on any atom is -0.369 e. The second-order valence-electron chi connectivity index (χ2n) is 6.55. The van der Waals surface area contributed by atoms with E-state index in [1.165, 1.54) is 0 Å². The largest absolute Gasteiger partial charge is 0.369 e. The summed E-state index contributed by atoms with van der Waals surface area (Å²) in [5.74, 6) is -0.776. The number of rotatable bonds is 7. The average Bonchev–Trinajstić information content (AvgIpc) is 3.16. The summed E-state index contributed by atoms with van der Waals surface area (Å²) in [7, 11) is 0. The molecule has 1 saturated carbocycles. The summed E-state index contributed by atoms with van der Waals surface area (Å²) in [6.07, 6.45) is 6.11. The number of nitrogens with zero attached hydrogens (tertiary/aromatic N) is 1. The minimum atomic E-state index is -0.403. The number of nitrogens with two attached hydrogens (primary N) is 1. The van der Waals surface area contributed by atoms with Gasteiger partial charge in [0.05, 0.1) is 12.0 Å². The molecule has 0 aliphatic heterocycles. The van der Waals surface area contributed by atoms with Crippen LogP contribution in [-0.2, 0) is 16.1 Å². The molecule has 0 saturated heterocycles. The van der Waals surface area contributed by atoms with Crippen molar-refractivity contribution in [1.29, 1.82) is 0 Å². The Morgan fingerprint density at radius 2 is 1.88 bits per heavy atom. The number of nitrogens with one attached hydrogen (secondary N) is 2. The second kappa shape index (κ2) is 7.98. The lowest BCUT2D eigenvalue weighted by Gasteiger charge is -2.41. The molecule has 1 aliphatic carbocycles. The molecule has 0 spiro atoms. The van der Waals surface area contributed by atoms with E-state index in [1.807, 2.05) is 54.9 Å². The number of aromatic nitrogens is 1. The molecule has 6 nitrogen and oxygen atoms in total. The monoisotopic (exact) mass is 340 g/mol. The van der Waals surface area contributed by atoms with Crippen LogP contribution in [0.15, 0.2) is 54.9 Å². The number of hydrogen-bond acceptors (Lipinski definition) is 3. The Morgan fingerprint density at radius 3 is 2.52 bits per heavy atom. The third-order valence-corrected chi connectivity index (χ3v) is 5.01. The van der Waals surface area contributed by atoms with E-state index in [-0.39, 0.29) is 24.0 Å². The Bertz CT molecular complexity index is 687. The number of amides is 2. The quantitative estimate of drug-likeness (QED) is 0.662. The molecule has 1 heterocycles. The van der Waals surface area contributed by atoms with Crippen LogP contribution in [0.4, 0.5) is 0 Å². The summed E-state index contributed by atoms with van der Waals surface area (Å²) in [5.41, 5.74) is 6.80. The molecule has 4 atom stereocenters. The average molecular weight is 340 g/mol. The van der Waals surface area contributed by atoms with Crippen molar-refractivity contribution in [1.82, 2.24) is 15.2 Å². The molecule has 1 aromatic heterocycles. The van der Waals surface area contributed by atoms with E-state index in [1.54, 1.807) is 0 Å². The standard InChI is InChI=1S/C19H24N4O2/c20-19(25)16-10-15(23-8-4-5-9-23)11-17(18(16)22-13-24)21-12-14-6-2-1-3-7-14/h1-9,13,15-18,21H,10-12H2,(H2,20,25)(H,22,24). The van der Waals surface area contributed by atoms with Gasteiger partial charge in [-0.1, -0.05) is 30.3 Å². The molecule has 0 bridgehead atoms. The highest BCUT2D eigenvalue weighted by atomic mass is 16.1. The maximum Gasteiger partial charge on any atom is 0.222 e. The molecular formula is C19H24N4O2. The molecule has 132 valence electrons. The number of benzene rings is 1. The molecule has 0 radical (unpaired) electrons. The van der Waals surface area contributed by atoms with Gasteiger partial charge in [0.1, 0.15) is 0 Å². The van der Waals surface area contributed by atoms with E-state index in [2.05, 4.69) is 15.2 Å². The zero-order valence-corrected chi connectivity index (χ0v) is 14.0. The molecule has 1 aromatic carbocycles. The van der Waals surface area contributed by atoms with E-state index in [4.69, 9.17) is 5.73 Å². The zero-order valence-electron chi connectivity index (χ0n) is 14.0. The summed E-state index contributed by atoms with van der Waals surface area (Å²) in [6, 6.07) is 13.8. The Balaban J connectivity index is 1.79. The van der Waals surface area contributed by atoms with Gasteiger partial charge in [-0.2, -0.15) is 0 Å². The predicted octanol–water partition coefficient (Wildman–Crippen LogP) is 1.20.